The quantitative estimate of drug-likeness (QED) is 0.658. The van der Waals surface area contributed by atoms with E-state index in [4.69, 9.17) is 4.74 Å². The molecule has 23 heavy (non-hydrogen) atoms. The van der Waals surface area contributed by atoms with Crippen LogP contribution in [0.4, 0.5) is 17.2 Å². The molecule has 1 aliphatic heterocycles. The normalized spacial score (nSPS) is 17.7. The number of ether oxygens (including phenoxy) is 1. The first-order valence-corrected chi connectivity index (χ1v) is 7.31. The molecule has 1 saturated heterocycles. The van der Waals surface area contributed by atoms with E-state index < -0.39 is 4.92 Å². The van der Waals surface area contributed by atoms with E-state index in [-0.39, 0.29) is 11.8 Å². The minimum atomic E-state index is -0.422. The third-order valence-corrected chi connectivity index (χ3v) is 3.57. The number of benzene rings is 1. The van der Waals surface area contributed by atoms with Crippen LogP contribution in [0.1, 0.15) is 17.5 Å². The molecule has 1 aromatic heterocycles. The Morgan fingerprint density at radius 2 is 2.26 bits per heavy atom. The van der Waals surface area contributed by atoms with Crippen LogP contribution in [-0.4, -0.2) is 34.6 Å². The molecule has 2 N–H and O–H groups in total. The van der Waals surface area contributed by atoms with Crippen LogP contribution in [-0.2, 0) is 4.74 Å². The molecule has 1 atom stereocenters. The van der Waals surface area contributed by atoms with Gasteiger partial charge in [0.1, 0.15) is 23.4 Å². The zero-order valence-corrected chi connectivity index (χ0v) is 12.7. The lowest BCUT2D eigenvalue weighted by molar-refractivity contribution is -0.383. The van der Waals surface area contributed by atoms with Gasteiger partial charge in [-0.05, 0) is 13.0 Å². The highest BCUT2D eigenvalue weighted by molar-refractivity contribution is 5.69. The van der Waals surface area contributed by atoms with E-state index in [1.165, 1.54) is 6.07 Å². The molecule has 2 aromatic rings. The number of nitro groups is 1. The molecule has 0 radical (unpaired) electrons. The van der Waals surface area contributed by atoms with Crippen molar-refractivity contribution in [1.82, 2.24) is 15.3 Å². The molecule has 1 fully saturated rings. The number of morpholine rings is 1. The zero-order chi connectivity index (χ0) is 16.2. The van der Waals surface area contributed by atoms with Gasteiger partial charge in [0.05, 0.1) is 11.5 Å². The summed E-state index contributed by atoms with van der Waals surface area (Å²) in [7, 11) is 0. The molecule has 8 heteroatoms. The molecule has 1 unspecified atom stereocenters. The fourth-order valence-corrected chi connectivity index (χ4v) is 2.45. The van der Waals surface area contributed by atoms with Crippen LogP contribution >= 0.6 is 0 Å². The summed E-state index contributed by atoms with van der Waals surface area (Å²) in [5, 5.41) is 17.5. The van der Waals surface area contributed by atoms with Crippen molar-refractivity contribution in [3.8, 4) is 0 Å². The van der Waals surface area contributed by atoms with Crippen molar-refractivity contribution in [3.63, 3.8) is 0 Å². The van der Waals surface area contributed by atoms with Gasteiger partial charge in [-0.15, -0.1) is 0 Å². The maximum atomic E-state index is 11.2. The number of nitrogens with one attached hydrogen (secondary N) is 2. The third kappa shape index (κ3) is 3.43. The molecule has 8 nitrogen and oxygen atoms in total. The standard InChI is InChI=1S/C15H17N5O3/c1-10-17-8-11(14-9-16-6-7-23-14)15(18-10)19-12-4-2-3-5-13(12)20(21)22/h2-5,8,14,16H,6-7,9H2,1H3,(H,17,18,19). The van der Waals surface area contributed by atoms with Gasteiger partial charge < -0.3 is 15.4 Å². The van der Waals surface area contributed by atoms with Crippen molar-refractivity contribution in [2.24, 2.45) is 0 Å². The zero-order valence-electron chi connectivity index (χ0n) is 12.7. The van der Waals surface area contributed by atoms with Gasteiger partial charge in [-0.25, -0.2) is 9.97 Å². The number of nitro benzene ring substituents is 1. The predicted octanol–water partition coefficient (Wildman–Crippen LogP) is 2.10. The summed E-state index contributed by atoms with van der Waals surface area (Å²) in [6.45, 7) is 3.83. The van der Waals surface area contributed by atoms with Gasteiger partial charge in [0, 0.05) is 30.9 Å². The lowest BCUT2D eigenvalue weighted by Gasteiger charge is -2.25. The molecule has 0 aliphatic carbocycles. The van der Waals surface area contributed by atoms with Crippen molar-refractivity contribution in [2.45, 2.75) is 13.0 Å². The lowest BCUT2D eigenvalue weighted by atomic mass is 10.1. The van der Waals surface area contributed by atoms with Crippen LogP contribution in [0, 0.1) is 17.0 Å². The first kappa shape index (κ1) is 15.3. The van der Waals surface area contributed by atoms with Crippen LogP contribution in [0.3, 0.4) is 0 Å². The Kier molecular flexibility index (Phi) is 4.45. The predicted molar refractivity (Wildman–Crippen MR) is 84.7 cm³/mol. The molecule has 2 heterocycles. The molecule has 0 bridgehead atoms. The molecule has 0 spiro atoms. The van der Waals surface area contributed by atoms with Crippen LogP contribution in [0.5, 0.6) is 0 Å². The van der Waals surface area contributed by atoms with E-state index in [0.29, 0.717) is 30.5 Å². The number of aryl methyl sites for hydroxylation is 1. The molecular weight excluding hydrogens is 298 g/mol. The number of aromatic nitrogens is 2. The number of rotatable bonds is 4. The van der Waals surface area contributed by atoms with Crippen molar-refractivity contribution in [1.29, 1.82) is 0 Å². The van der Waals surface area contributed by atoms with Gasteiger partial charge in [0.2, 0.25) is 0 Å². The Balaban J connectivity index is 1.96. The summed E-state index contributed by atoms with van der Waals surface area (Å²) in [6, 6.07) is 6.47. The third-order valence-electron chi connectivity index (χ3n) is 3.57. The van der Waals surface area contributed by atoms with E-state index in [1.54, 1.807) is 31.3 Å². The lowest BCUT2D eigenvalue weighted by Crippen LogP contribution is -2.33. The maximum Gasteiger partial charge on any atom is 0.292 e. The average molecular weight is 315 g/mol. The summed E-state index contributed by atoms with van der Waals surface area (Å²) in [6.07, 6.45) is 1.52. The smallest absolute Gasteiger partial charge is 0.292 e. The second kappa shape index (κ2) is 6.67. The van der Waals surface area contributed by atoms with Crippen molar-refractivity contribution < 1.29 is 9.66 Å². The van der Waals surface area contributed by atoms with Gasteiger partial charge in [-0.1, -0.05) is 12.1 Å². The van der Waals surface area contributed by atoms with Crippen molar-refractivity contribution in [3.05, 3.63) is 52.0 Å². The van der Waals surface area contributed by atoms with Crippen LogP contribution in [0.25, 0.3) is 0 Å². The largest absolute Gasteiger partial charge is 0.371 e. The average Bonchev–Trinajstić information content (AvgIpc) is 2.56. The molecule has 1 aliphatic rings. The first-order chi connectivity index (χ1) is 11.1. The molecule has 120 valence electrons. The first-order valence-electron chi connectivity index (χ1n) is 7.31. The van der Waals surface area contributed by atoms with Gasteiger partial charge in [-0.2, -0.15) is 0 Å². The van der Waals surface area contributed by atoms with Gasteiger partial charge in [0.25, 0.3) is 5.69 Å². The SMILES string of the molecule is Cc1ncc(C2CNCCO2)c(Nc2ccccc2[N+](=O)[O-])n1. The fraction of sp³-hybridized carbons (Fsp3) is 0.333. The summed E-state index contributed by atoms with van der Waals surface area (Å²) < 4.78 is 5.74. The van der Waals surface area contributed by atoms with E-state index >= 15 is 0 Å². The maximum absolute atomic E-state index is 11.2. The van der Waals surface area contributed by atoms with Gasteiger partial charge >= 0.3 is 0 Å². The highest BCUT2D eigenvalue weighted by Gasteiger charge is 2.22. The summed E-state index contributed by atoms with van der Waals surface area (Å²) >= 11 is 0. The second-order valence-electron chi connectivity index (χ2n) is 5.18. The van der Waals surface area contributed by atoms with E-state index in [2.05, 4.69) is 20.6 Å². The van der Waals surface area contributed by atoms with Crippen molar-refractivity contribution in [2.75, 3.05) is 25.0 Å². The minimum Gasteiger partial charge on any atom is -0.371 e. The number of anilines is 2. The van der Waals surface area contributed by atoms with Crippen LogP contribution < -0.4 is 10.6 Å². The van der Waals surface area contributed by atoms with E-state index in [1.807, 2.05) is 0 Å². The van der Waals surface area contributed by atoms with Crippen LogP contribution in [0.2, 0.25) is 0 Å². The summed E-state index contributed by atoms with van der Waals surface area (Å²) in [5.74, 6) is 1.11. The Labute approximate surface area is 133 Å². The Morgan fingerprint density at radius 1 is 1.43 bits per heavy atom. The number of hydrogen-bond acceptors (Lipinski definition) is 7. The van der Waals surface area contributed by atoms with Crippen molar-refractivity contribution >= 4 is 17.2 Å². The monoisotopic (exact) mass is 315 g/mol. The second-order valence-corrected chi connectivity index (χ2v) is 5.18. The molecular formula is C15H17N5O3. The van der Waals surface area contributed by atoms with E-state index in [9.17, 15) is 10.1 Å². The molecule has 3 rings (SSSR count). The molecule has 0 amide bonds. The Hall–Kier alpha value is -2.58. The molecule has 0 saturated carbocycles. The number of para-hydroxylation sites is 2. The fourth-order valence-electron chi connectivity index (χ4n) is 2.45. The summed E-state index contributed by atoms with van der Waals surface area (Å²) in [4.78, 5) is 19.4. The minimum absolute atomic E-state index is 0.00240. The highest BCUT2D eigenvalue weighted by Crippen LogP contribution is 2.31. The van der Waals surface area contributed by atoms with Crippen LogP contribution in [0.15, 0.2) is 30.5 Å². The molecule has 1 aromatic carbocycles. The highest BCUT2D eigenvalue weighted by atomic mass is 16.6. The number of hydrogen-bond donors (Lipinski definition) is 2. The van der Waals surface area contributed by atoms with Gasteiger partial charge in [-0.3, -0.25) is 10.1 Å². The Bertz CT molecular complexity index is 716. The topological polar surface area (TPSA) is 102 Å². The summed E-state index contributed by atoms with van der Waals surface area (Å²) in [5.41, 5.74) is 1.17. The van der Waals surface area contributed by atoms with E-state index in [0.717, 1.165) is 12.1 Å². The Morgan fingerprint density at radius 3 is 3.00 bits per heavy atom. The number of nitrogens with zero attached hydrogens (tertiary/aromatic N) is 3. The van der Waals surface area contributed by atoms with Gasteiger partial charge in [0.15, 0.2) is 0 Å².